The van der Waals surface area contributed by atoms with Gasteiger partial charge >= 0.3 is 0 Å². The van der Waals surface area contributed by atoms with Crippen molar-refractivity contribution in [1.29, 1.82) is 0 Å². The van der Waals surface area contributed by atoms with Crippen molar-refractivity contribution in [2.24, 2.45) is 0 Å². The quantitative estimate of drug-likeness (QED) is 0.357. The molecule has 1 unspecified atom stereocenters. The summed E-state index contributed by atoms with van der Waals surface area (Å²) < 4.78 is 11.1. The molecule has 0 bridgehead atoms. The van der Waals surface area contributed by atoms with Crippen LogP contribution in [0.15, 0.2) is 24.3 Å². The number of imide groups is 1. The van der Waals surface area contributed by atoms with Gasteiger partial charge in [0.25, 0.3) is 11.8 Å². The van der Waals surface area contributed by atoms with E-state index in [1.807, 2.05) is 0 Å². The molecule has 0 saturated carbocycles. The molecule has 4 atom stereocenters. The molecule has 1 aromatic rings. The van der Waals surface area contributed by atoms with Gasteiger partial charge in [0.15, 0.2) is 0 Å². The Morgan fingerprint density at radius 2 is 1.70 bits per heavy atom. The average molecular weight is 375 g/mol. The van der Waals surface area contributed by atoms with Crippen LogP contribution in [0.3, 0.4) is 0 Å². The number of hydrogen-bond donors (Lipinski definition) is 2. The lowest BCUT2D eigenvalue weighted by Gasteiger charge is -2.19. The minimum atomic E-state index is -0.726. The molecule has 146 valence electrons. The first-order chi connectivity index (χ1) is 13.0. The maximum atomic E-state index is 12.3. The van der Waals surface area contributed by atoms with Gasteiger partial charge in [0.2, 0.25) is 0 Å². The molecular weight excluding hydrogens is 349 g/mol. The van der Waals surface area contributed by atoms with E-state index >= 15 is 0 Å². The standard InChI is InChI=1S/C19H26BNO6/c20-17-15(23)16(14(11-22)27-17)26-10-6-2-1-5-9-21-18(24)12-7-3-4-8-13(12)19(21)25/h3-4,7-8,14-17,22-23H,1-2,5-6,9-11,20H2/t14-,15+,16?,17-/m1/s1. The molecule has 7 nitrogen and oxygen atoms in total. The van der Waals surface area contributed by atoms with Gasteiger partial charge in [-0.15, -0.1) is 0 Å². The van der Waals surface area contributed by atoms with Crippen LogP contribution in [-0.4, -0.2) is 78.8 Å². The summed E-state index contributed by atoms with van der Waals surface area (Å²) in [5, 5.41) is 19.3. The molecule has 1 fully saturated rings. The van der Waals surface area contributed by atoms with Gasteiger partial charge in [-0.05, 0) is 25.0 Å². The number of carbonyl (C=O) groups is 2. The molecule has 0 radical (unpaired) electrons. The first-order valence-corrected chi connectivity index (χ1v) is 9.55. The molecule has 8 heteroatoms. The van der Waals surface area contributed by atoms with Crippen LogP contribution >= 0.6 is 0 Å². The Kier molecular flexibility index (Phi) is 6.65. The highest BCUT2D eigenvalue weighted by atomic mass is 16.6. The van der Waals surface area contributed by atoms with Crippen molar-refractivity contribution < 1.29 is 29.3 Å². The lowest BCUT2D eigenvalue weighted by Crippen LogP contribution is -2.37. The number of unbranched alkanes of at least 4 members (excludes halogenated alkanes) is 3. The molecule has 2 heterocycles. The van der Waals surface area contributed by atoms with E-state index in [2.05, 4.69) is 0 Å². The zero-order valence-corrected chi connectivity index (χ0v) is 15.5. The smallest absolute Gasteiger partial charge is 0.261 e. The summed E-state index contributed by atoms with van der Waals surface area (Å²) in [4.78, 5) is 25.9. The highest BCUT2D eigenvalue weighted by Crippen LogP contribution is 2.24. The third kappa shape index (κ3) is 4.24. The van der Waals surface area contributed by atoms with Crippen LogP contribution < -0.4 is 0 Å². The molecule has 2 N–H and O–H groups in total. The number of ether oxygens (including phenoxy) is 2. The van der Waals surface area contributed by atoms with Crippen molar-refractivity contribution in [3.05, 3.63) is 35.4 Å². The molecule has 0 aliphatic carbocycles. The largest absolute Gasteiger partial charge is 0.394 e. The SMILES string of the molecule is B[C@@H]1O[C@H](CO)C(OCCCCCCN2C(=O)c3ccccc3C2=O)[C@@H]1O. The number of benzene rings is 1. The highest BCUT2D eigenvalue weighted by Gasteiger charge is 2.41. The summed E-state index contributed by atoms with van der Waals surface area (Å²) in [5.74, 6) is -0.420. The summed E-state index contributed by atoms with van der Waals surface area (Å²) in [7, 11) is 1.76. The van der Waals surface area contributed by atoms with Crippen LogP contribution in [-0.2, 0) is 9.47 Å². The average Bonchev–Trinajstić information content (AvgIpc) is 3.09. The first kappa shape index (κ1) is 20.0. The molecule has 1 saturated heterocycles. The fourth-order valence-electron chi connectivity index (χ4n) is 3.66. The van der Waals surface area contributed by atoms with Gasteiger partial charge in [0.05, 0.1) is 23.7 Å². The summed E-state index contributed by atoms with van der Waals surface area (Å²) in [6.45, 7) is 0.722. The molecular formula is C19H26BNO6. The zero-order valence-electron chi connectivity index (χ0n) is 15.5. The predicted molar refractivity (Wildman–Crippen MR) is 100 cm³/mol. The van der Waals surface area contributed by atoms with E-state index in [0.29, 0.717) is 24.3 Å². The summed E-state index contributed by atoms with van der Waals surface area (Å²) in [6, 6.07) is 6.57. The third-order valence-electron chi connectivity index (χ3n) is 5.22. The van der Waals surface area contributed by atoms with E-state index in [4.69, 9.17) is 9.47 Å². The van der Waals surface area contributed by atoms with Crippen LogP contribution in [0, 0.1) is 0 Å². The molecule has 0 spiro atoms. The number of aliphatic hydroxyl groups excluding tert-OH is 2. The Labute approximate surface area is 159 Å². The summed E-state index contributed by atoms with van der Waals surface area (Å²) in [5.41, 5.74) is 0.974. The fraction of sp³-hybridized carbons (Fsp3) is 0.579. The number of carbonyl (C=O) groups excluding carboxylic acids is 2. The Morgan fingerprint density at radius 1 is 1.07 bits per heavy atom. The van der Waals surface area contributed by atoms with E-state index in [1.165, 1.54) is 4.90 Å². The van der Waals surface area contributed by atoms with Gasteiger partial charge in [-0.3, -0.25) is 14.5 Å². The van der Waals surface area contributed by atoms with Gasteiger partial charge in [-0.1, -0.05) is 25.0 Å². The normalized spacial score (nSPS) is 27.4. The Hall–Kier alpha value is -1.74. The first-order valence-electron chi connectivity index (χ1n) is 9.55. The van der Waals surface area contributed by atoms with Crippen molar-refractivity contribution >= 4 is 19.7 Å². The van der Waals surface area contributed by atoms with Gasteiger partial charge in [0.1, 0.15) is 26.2 Å². The second kappa shape index (κ2) is 8.97. The predicted octanol–water partition coefficient (Wildman–Crippen LogP) is -0.0606. The molecule has 2 aliphatic rings. The summed E-state index contributed by atoms with van der Waals surface area (Å²) >= 11 is 0. The molecule has 3 rings (SSSR count). The van der Waals surface area contributed by atoms with E-state index in [1.54, 1.807) is 32.1 Å². The number of nitrogens with zero attached hydrogens (tertiary/aromatic N) is 1. The van der Waals surface area contributed by atoms with Crippen LogP contribution in [0.25, 0.3) is 0 Å². The highest BCUT2D eigenvalue weighted by molar-refractivity contribution is 6.21. The Balaban J connectivity index is 1.33. The maximum absolute atomic E-state index is 12.3. The zero-order chi connectivity index (χ0) is 19.4. The fourth-order valence-corrected chi connectivity index (χ4v) is 3.66. The van der Waals surface area contributed by atoms with E-state index in [9.17, 15) is 19.8 Å². The van der Waals surface area contributed by atoms with E-state index < -0.39 is 18.3 Å². The third-order valence-corrected chi connectivity index (χ3v) is 5.22. The van der Waals surface area contributed by atoms with Crippen molar-refractivity contribution in [2.45, 2.75) is 50.0 Å². The van der Waals surface area contributed by atoms with Crippen LogP contribution in [0.5, 0.6) is 0 Å². The number of fused-ring (bicyclic) bond motifs is 1. The molecule has 27 heavy (non-hydrogen) atoms. The number of amides is 2. The van der Waals surface area contributed by atoms with Gasteiger partial charge in [-0.25, -0.2) is 0 Å². The van der Waals surface area contributed by atoms with Crippen molar-refractivity contribution in [1.82, 2.24) is 4.90 Å². The molecule has 0 aromatic heterocycles. The Morgan fingerprint density at radius 3 is 2.33 bits per heavy atom. The number of aliphatic hydroxyl groups is 2. The number of rotatable bonds is 9. The van der Waals surface area contributed by atoms with Gasteiger partial charge < -0.3 is 19.7 Å². The maximum Gasteiger partial charge on any atom is 0.261 e. The second-order valence-electron chi connectivity index (χ2n) is 7.11. The van der Waals surface area contributed by atoms with Gasteiger partial charge in [0, 0.05) is 13.2 Å². The van der Waals surface area contributed by atoms with E-state index in [0.717, 1.165) is 25.7 Å². The molecule has 1 aromatic carbocycles. The Bertz CT molecular complexity index is 649. The monoisotopic (exact) mass is 375 g/mol. The lowest BCUT2D eigenvalue weighted by molar-refractivity contribution is -0.0541. The van der Waals surface area contributed by atoms with Crippen molar-refractivity contribution in [3.8, 4) is 0 Å². The number of hydrogen-bond acceptors (Lipinski definition) is 6. The lowest BCUT2D eigenvalue weighted by atomic mass is 9.93. The second-order valence-corrected chi connectivity index (χ2v) is 7.11. The van der Waals surface area contributed by atoms with Crippen LogP contribution in [0.4, 0.5) is 0 Å². The van der Waals surface area contributed by atoms with Crippen LogP contribution in [0.2, 0.25) is 0 Å². The van der Waals surface area contributed by atoms with Crippen molar-refractivity contribution in [3.63, 3.8) is 0 Å². The van der Waals surface area contributed by atoms with Crippen molar-refractivity contribution in [2.75, 3.05) is 19.8 Å². The summed E-state index contributed by atoms with van der Waals surface area (Å²) in [6.07, 6.45) is 1.62. The molecule has 2 amide bonds. The van der Waals surface area contributed by atoms with E-state index in [-0.39, 0.29) is 24.4 Å². The minimum Gasteiger partial charge on any atom is -0.394 e. The van der Waals surface area contributed by atoms with Crippen LogP contribution in [0.1, 0.15) is 46.4 Å². The topological polar surface area (TPSA) is 96.3 Å². The minimum absolute atomic E-state index is 0.174. The molecule has 2 aliphatic heterocycles. The van der Waals surface area contributed by atoms with Gasteiger partial charge in [-0.2, -0.15) is 0 Å².